The van der Waals surface area contributed by atoms with Gasteiger partial charge < -0.3 is 4.74 Å². The highest BCUT2D eigenvalue weighted by atomic mass is 32.2. The standard InChI is InChI=1S/C15H23N3O4S/c1-11-14(12(2)18(3)16-11)7-8-15(19)17-23(20,21)10-13-6-4-5-9-22-13/h7-8,13H,4-6,9-10H2,1-3H3,(H,17,19)/b8-7+/t13-/m1/s1. The van der Waals surface area contributed by atoms with E-state index in [-0.39, 0.29) is 11.9 Å². The minimum atomic E-state index is -3.70. The van der Waals surface area contributed by atoms with Crippen LogP contribution in [0.3, 0.4) is 0 Å². The van der Waals surface area contributed by atoms with E-state index in [1.165, 1.54) is 6.08 Å². The Balaban J connectivity index is 1.96. The zero-order valence-corrected chi connectivity index (χ0v) is 14.5. The first kappa shape index (κ1) is 17.7. The third kappa shape index (κ3) is 4.90. The lowest BCUT2D eigenvalue weighted by atomic mass is 10.1. The van der Waals surface area contributed by atoms with Crippen molar-refractivity contribution in [2.75, 3.05) is 12.4 Å². The van der Waals surface area contributed by atoms with Crippen molar-refractivity contribution in [3.63, 3.8) is 0 Å². The Morgan fingerprint density at radius 3 is 2.74 bits per heavy atom. The first-order valence-corrected chi connectivity index (χ1v) is 9.28. The van der Waals surface area contributed by atoms with Crippen LogP contribution < -0.4 is 4.72 Å². The van der Waals surface area contributed by atoms with E-state index >= 15 is 0 Å². The molecule has 2 rings (SSSR count). The monoisotopic (exact) mass is 341 g/mol. The average Bonchev–Trinajstić information content (AvgIpc) is 2.70. The summed E-state index contributed by atoms with van der Waals surface area (Å²) >= 11 is 0. The summed E-state index contributed by atoms with van der Waals surface area (Å²) in [7, 11) is -1.88. The summed E-state index contributed by atoms with van der Waals surface area (Å²) in [4.78, 5) is 11.9. The fourth-order valence-corrected chi connectivity index (χ4v) is 3.81. The Bertz CT molecular complexity index is 701. The van der Waals surface area contributed by atoms with E-state index in [2.05, 4.69) is 9.82 Å². The summed E-state index contributed by atoms with van der Waals surface area (Å²) in [5, 5.41) is 4.24. The van der Waals surface area contributed by atoms with Gasteiger partial charge in [-0.2, -0.15) is 5.10 Å². The molecule has 8 heteroatoms. The lowest BCUT2D eigenvalue weighted by Crippen LogP contribution is -2.37. The number of nitrogens with zero attached hydrogens (tertiary/aromatic N) is 2. The van der Waals surface area contributed by atoms with E-state index in [0.717, 1.165) is 29.8 Å². The normalized spacial score (nSPS) is 19.2. The average molecular weight is 341 g/mol. The molecular formula is C15H23N3O4S. The summed E-state index contributed by atoms with van der Waals surface area (Å²) in [5.74, 6) is -0.846. The van der Waals surface area contributed by atoms with Gasteiger partial charge in [-0.15, -0.1) is 0 Å². The number of aryl methyl sites for hydroxylation is 2. The number of rotatable bonds is 5. The SMILES string of the molecule is Cc1nn(C)c(C)c1/C=C/C(=O)NS(=O)(=O)C[C@H]1CCCCO1. The fourth-order valence-electron chi connectivity index (χ4n) is 2.60. The van der Waals surface area contributed by atoms with Crippen LogP contribution in [0.4, 0.5) is 0 Å². The maximum atomic E-state index is 12.0. The van der Waals surface area contributed by atoms with Crippen LogP contribution in [0.1, 0.15) is 36.2 Å². The minimum absolute atomic E-state index is 0.183. The van der Waals surface area contributed by atoms with Crippen LogP contribution in [0.15, 0.2) is 6.08 Å². The third-order valence-corrected chi connectivity index (χ3v) is 5.22. The third-order valence-electron chi connectivity index (χ3n) is 3.90. The van der Waals surface area contributed by atoms with E-state index in [1.807, 2.05) is 20.9 Å². The van der Waals surface area contributed by atoms with Crippen LogP contribution in [-0.2, 0) is 26.6 Å². The Kier molecular flexibility index (Phi) is 5.59. The van der Waals surface area contributed by atoms with Crippen LogP contribution in [0, 0.1) is 13.8 Å². The molecule has 0 unspecified atom stereocenters. The second kappa shape index (κ2) is 7.27. The molecule has 1 aliphatic rings. The zero-order valence-electron chi connectivity index (χ0n) is 13.7. The van der Waals surface area contributed by atoms with E-state index in [0.29, 0.717) is 13.0 Å². The molecular weight excluding hydrogens is 318 g/mol. The van der Waals surface area contributed by atoms with Crippen molar-refractivity contribution in [2.24, 2.45) is 7.05 Å². The van der Waals surface area contributed by atoms with Crippen LogP contribution in [0.2, 0.25) is 0 Å². The zero-order chi connectivity index (χ0) is 17.0. The number of sulfonamides is 1. The number of ether oxygens (including phenoxy) is 1. The summed E-state index contributed by atoms with van der Waals surface area (Å²) in [6.45, 7) is 4.30. The van der Waals surface area contributed by atoms with Crippen LogP contribution in [0.25, 0.3) is 6.08 Å². The van der Waals surface area contributed by atoms with Gasteiger partial charge in [-0.1, -0.05) is 0 Å². The van der Waals surface area contributed by atoms with Crippen molar-refractivity contribution in [3.8, 4) is 0 Å². The molecule has 1 fully saturated rings. The molecule has 1 amide bonds. The van der Waals surface area contributed by atoms with E-state index in [1.54, 1.807) is 10.8 Å². The first-order valence-electron chi connectivity index (χ1n) is 7.63. The van der Waals surface area contributed by atoms with Crippen LogP contribution >= 0.6 is 0 Å². The summed E-state index contributed by atoms with van der Waals surface area (Å²) in [6.07, 6.45) is 5.08. The smallest absolute Gasteiger partial charge is 0.257 e. The van der Waals surface area contributed by atoms with Crippen molar-refractivity contribution in [1.29, 1.82) is 0 Å². The van der Waals surface area contributed by atoms with Gasteiger partial charge in [0.25, 0.3) is 5.91 Å². The van der Waals surface area contributed by atoms with E-state index < -0.39 is 15.9 Å². The lowest BCUT2D eigenvalue weighted by molar-refractivity contribution is -0.114. The second-order valence-corrected chi connectivity index (χ2v) is 7.54. The molecule has 23 heavy (non-hydrogen) atoms. The number of hydrogen-bond acceptors (Lipinski definition) is 5. The number of aromatic nitrogens is 2. The topological polar surface area (TPSA) is 90.3 Å². The number of amides is 1. The van der Waals surface area contributed by atoms with Crippen molar-refractivity contribution in [3.05, 3.63) is 23.0 Å². The molecule has 1 atom stereocenters. The molecule has 0 aliphatic carbocycles. The molecule has 0 saturated carbocycles. The number of nitrogens with one attached hydrogen (secondary N) is 1. The van der Waals surface area contributed by atoms with Gasteiger partial charge in [0.2, 0.25) is 10.0 Å². The number of carbonyl (C=O) groups excluding carboxylic acids is 1. The molecule has 1 saturated heterocycles. The van der Waals surface area contributed by atoms with Gasteiger partial charge in [0.05, 0.1) is 17.6 Å². The van der Waals surface area contributed by atoms with Gasteiger partial charge in [0.1, 0.15) is 0 Å². The molecule has 2 heterocycles. The maximum Gasteiger partial charge on any atom is 0.257 e. The Morgan fingerprint density at radius 1 is 1.43 bits per heavy atom. The predicted octanol–water partition coefficient (Wildman–Crippen LogP) is 1.07. The molecule has 1 aromatic heterocycles. The van der Waals surface area contributed by atoms with Crippen molar-refractivity contribution in [1.82, 2.24) is 14.5 Å². The molecule has 7 nitrogen and oxygen atoms in total. The Labute approximate surface area is 136 Å². The van der Waals surface area contributed by atoms with E-state index in [4.69, 9.17) is 4.74 Å². The van der Waals surface area contributed by atoms with Crippen LogP contribution in [-0.4, -0.2) is 42.6 Å². The molecule has 1 N–H and O–H groups in total. The van der Waals surface area contributed by atoms with Gasteiger partial charge in [0, 0.05) is 31.0 Å². The Hall–Kier alpha value is -1.67. The molecule has 0 radical (unpaired) electrons. The highest BCUT2D eigenvalue weighted by Crippen LogP contribution is 2.15. The molecule has 0 spiro atoms. The summed E-state index contributed by atoms with van der Waals surface area (Å²) in [5.41, 5.74) is 2.51. The molecule has 0 aromatic carbocycles. The quantitative estimate of drug-likeness (QED) is 0.809. The number of carbonyl (C=O) groups is 1. The lowest BCUT2D eigenvalue weighted by Gasteiger charge is -2.22. The van der Waals surface area contributed by atoms with Crippen molar-refractivity contribution in [2.45, 2.75) is 39.2 Å². The molecule has 1 aromatic rings. The van der Waals surface area contributed by atoms with Gasteiger partial charge in [-0.25, -0.2) is 13.1 Å². The molecule has 1 aliphatic heterocycles. The minimum Gasteiger partial charge on any atom is -0.377 e. The summed E-state index contributed by atoms with van der Waals surface area (Å²) in [6, 6.07) is 0. The summed E-state index contributed by atoms with van der Waals surface area (Å²) < 4.78 is 33.2. The number of hydrogen-bond donors (Lipinski definition) is 1. The first-order chi connectivity index (χ1) is 10.8. The highest BCUT2D eigenvalue weighted by molar-refractivity contribution is 7.90. The largest absolute Gasteiger partial charge is 0.377 e. The predicted molar refractivity (Wildman–Crippen MR) is 87.2 cm³/mol. The fraction of sp³-hybridized carbons (Fsp3) is 0.600. The second-order valence-electron chi connectivity index (χ2n) is 5.78. The van der Waals surface area contributed by atoms with Gasteiger partial charge in [-0.3, -0.25) is 9.48 Å². The van der Waals surface area contributed by atoms with Gasteiger partial charge in [-0.05, 0) is 39.2 Å². The van der Waals surface area contributed by atoms with Crippen molar-refractivity contribution < 1.29 is 17.9 Å². The molecule has 128 valence electrons. The highest BCUT2D eigenvalue weighted by Gasteiger charge is 2.23. The Morgan fingerprint density at radius 2 is 2.17 bits per heavy atom. The van der Waals surface area contributed by atoms with Gasteiger partial charge >= 0.3 is 0 Å². The van der Waals surface area contributed by atoms with Crippen molar-refractivity contribution >= 4 is 22.0 Å². The van der Waals surface area contributed by atoms with Gasteiger partial charge in [0.15, 0.2) is 0 Å². The van der Waals surface area contributed by atoms with E-state index in [9.17, 15) is 13.2 Å². The maximum absolute atomic E-state index is 12.0. The van der Waals surface area contributed by atoms with Crippen LogP contribution in [0.5, 0.6) is 0 Å². The molecule has 0 bridgehead atoms.